The number of carbonyl (C=O) groups excluding carboxylic acids is 1. The smallest absolute Gasteiger partial charge is 0.273 e. The first-order chi connectivity index (χ1) is 16.3. The van der Waals surface area contributed by atoms with Gasteiger partial charge in [0.15, 0.2) is 11.5 Å². The van der Waals surface area contributed by atoms with E-state index in [9.17, 15) is 13.2 Å². The van der Waals surface area contributed by atoms with E-state index in [0.717, 1.165) is 11.8 Å². The van der Waals surface area contributed by atoms with Gasteiger partial charge in [-0.3, -0.25) is 9.10 Å². The van der Waals surface area contributed by atoms with Gasteiger partial charge in [-0.25, -0.2) is 13.8 Å². The average Bonchev–Trinajstić information content (AvgIpc) is 2.83. The zero-order chi connectivity index (χ0) is 24.6. The SMILES string of the molecule is CCOc1cc(/C=N/NC(=O)c2ccccc2N(Cc2ccccc2)S(C)(=O)=O)ccc1OC. The van der Waals surface area contributed by atoms with Crippen LogP contribution < -0.4 is 19.2 Å². The maximum absolute atomic E-state index is 12.9. The van der Waals surface area contributed by atoms with E-state index >= 15 is 0 Å². The van der Waals surface area contributed by atoms with Crippen LogP contribution in [0.15, 0.2) is 77.9 Å². The Bertz CT molecular complexity index is 1260. The van der Waals surface area contributed by atoms with Gasteiger partial charge in [0.05, 0.1) is 44.0 Å². The Balaban J connectivity index is 1.83. The molecule has 0 aliphatic heterocycles. The molecular weight excluding hydrogens is 454 g/mol. The number of nitrogens with zero attached hydrogens (tertiary/aromatic N) is 2. The third-order valence-electron chi connectivity index (χ3n) is 4.85. The van der Waals surface area contributed by atoms with Gasteiger partial charge in [-0.05, 0) is 48.4 Å². The summed E-state index contributed by atoms with van der Waals surface area (Å²) in [4.78, 5) is 12.9. The number of amides is 1. The van der Waals surface area contributed by atoms with Gasteiger partial charge >= 0.3 is 0 Å². The van der Waals surface area contributed by atoms with Crippen LogP contribution in [0.5, 0.6) is 11.5 Å². The zero-order valence-electron chi connectivity index (χ0n) is 19.3. The molecule has 0 spiro atoms. The highest BCUT2D eigenvalue weighted by atomic mass is 32.2. The molecule has 3 rings (SSSR count). The second-order valence-corrected chi connectivity index (χ2v) is 9.22. The standard InChI is InChI=1S/C25H27N3O5S/c1-4-33-24-16-20(14-15-23(24)32-2)17-26-27-25(29)21-12-8-9-13-22(21)28(34(3,30)31)18-19-10-6-5-7-11-19/h5-17H,4,18H2,1-3H3,(H,27,29)/b26-17+. The topological polar surface area (TPSA) is 97.3 Å². The summed E-state index contributed by atoms with van der Waals surface area (Å²) in [6.45, 7) is 2.44. The summed E-state index contributed by atoms with van der Waals surface area (Å²) in [6.07, 6.45) is 2.59. The Morgan fingerprint density at radius 1 is 1.03 bits per heavy atom. The van der Waals surface area contributed by atoms with Crippen LogP contribution >= 0.6 is 0 Å². The quantitative estimate of drug-likeness (QED) is 0.351. The Morgan fingerprint density at radius 2 is 1.74 bits per heavy atom. The summed E-state index contributed by atoms with van der Waals surface area (Å²) in [5.41, 5.74) is 4.42. The highest BCUT2D eigenvalue weighted by molar-refractivity contribution is 7.92. The molecule has 9 heteroatoms. The molecule has 3 aromatic carbocycles. The van der Waals surface area contributed by atoms with E-state index in [2.05, 4.69) is 10.5 Å². The molecular formula is C25H27N3O5S. The molecule has 0 fully saturated rings. The maximum atomic E-state index is 12.9. The number of rotatable bonds is 10. The number of carbonyl (C=O) groups is 1. The minimum absolute atomic E-state index is 0.0965. The first-order valence-electron chi connectivity index (χ1n) is 10.6. The van der Waals surface area contributed by atoms with Gasteiger partial charge in [-0.1, -0.05) is 42.5 Å². The van der Waals surface area contributed by atoms with Crippen LogP contribution in [0.25, 0.3) is 0 Å². The van der Waals surface area contributed by atoms with Crippen LogP contribution in [0.2, 0.25) is 0 Å². The van der Waals surface area contributed by atoms with E-state index in [1.165, 1.54) is 10.5 Å². The van der Waals surface area contributed by atoms with E-state index in [1.54, 1.807) is 49.6 Å². The Morgan fingerprint density at radius 3 is 2.41 bits per heavy atom. The minimum Gasteiger partial charge on any atom is -0.493 e. The van der Waals surface area contributed by atoms with Crippen LogP contribution in [0, 0.1) is 0 Å². The first kappa shape index (κ1) is 24.8. The van der Waals surface area contributed by atoms with Crippen molar-refractivity contribution in [3.05, 3.63) is 89.5 Å². The van der Waals surface area contributed by atoms with Crippen molar-refractivity contribution in [2.24, 2.45) is 5.10 Å². The van der Waals surface area contributed by atoms with E-state index in [-0.39, 0.29) is 17.8 Å². The number of hydrazone groups is 1. The molecule has 178 valence electrons. The van der Waals surface area contributed by atoms with Gasteiger partial charge in [0.1, 0.15) is 0 Å². The van der Waals surface area contributed by atoms with Crippen LogP contribution in [-0.2, 0) is 16.6 Å². The lowest BCUT2D eigenvalue weighted by Gasteiger charge is -2.24. The van der Waals surface area contributed by atoms with E-state index in [0.29, 0.717) is 23.7 Å². The van der Waals surface area contributed by atoms with Crippen molar-refractivity contribution in [1.29, 1.82) is 0 Å². The van der Waals surface area contributed by atoms with Crippen LogP contribution in [0.4, 0.5) is 5.69 Å². The molecule has 0 radical (unpaired) electrons. The fourth-order valence-corrected chi connectivity index (χ4v) is 4.18. The van der Waals surface area contributed by atoms with Gasteiger partial charge in [-0.15, -0.1) is 0 Å². The summed E-state index contributed by atoms with van der Waals surface area (Å²) in [5.74, 6) is 0.624. The molecule has 3 aromatic rings. The second kappa shape index (κ2) is 11.3. The van der Waals surface area contributed by atoms with E-state index in [4.69, 9.17) is 9.47 Å². The molecule has 0 unspecified atom stereocenters. The molecule has 0 bridgehead atoms. The van der Waals surface area contributed by atoms with Crippen molar-refractivity contribution < 1.29 is 22.7 Å². The molecule has 1 N–H and O–H groups in total. The number of benzene rings is 3. The fourth-order valence-electron chi connectivity index (χ4n) is 3.28. The lowest BCUT2D eigenvalue weighted by Crippen LogP contribution is -2.32. The normalized spacial score (nSPS) is 11.3. The number of ether oxygens (including phenoxy) is 2. The maximum Gasteiger partial charge on any atom is 0.273 e. The molecule has 0 saturated carbocycles. The summed E-state index contributed by atoms with van der Waals surface area (Å²) in [7, 11) is -2.11. The van der Waals surface area contributed by atoms with E-state index < -0.39 is 15.9 Å². The average molecular weight is 482 g/mol. The number of hydrogen-bond donors (Lipinski definition) is 1. The monoisotopic (exact) mass is 481 g/mol. The number of para-hydroxylation sites is 1. The third kappa shape index (κ3) is 6.35. The minimum atomic E-state index is -3.66. The lowest BCUT2D eigenvalue weighted by atomic mass is 10.1. The van der Waals surface area contributed by atoms with Gasteiger partial charge in [0, 0.05) is 0 Å². The van der Waals surface area contributed by atoms with Gasteiger partial charge in [0.2, 0.25) is 10.0 Å². The zero-order valence-corrected chi connectivity index (χ0v) is 20.1. The molecule has 0 aliphatic rings. The number of nitrogens with one attached hydrogen (secondary N) is 1. The summed E-state index contributed by atoms with van der Waals surface area (Å²) in [6, 6.07) is 21.0. The molecule has 0 aliphatic carbocycles. The van der Waals surface area contributed by atoms with Gasteiger partial charge in [0.25, 0.3) is 5.91 Å². The van der Waals surface area contributed by atoms with Crippen molar-refractivity contribution in [3.63, 3.8) is 0 Å². The Kier molecular flexibility index (Phi) is 8.26. The highest BCUT2D eigenvalue weighted by Crippen LogP contribution is 2.28. The molecule has 0 saturated heterocycles. The van der Waals surface area contributed by atoms with Crippen molar-refractivity contribution in [2.45, 2.75) is 13.5 Å². The van der Waals surface area contributed by atoms with Crippen molar-refractivity contribution >= 4 is 27.8 Å². The van der Waals surface area contributed by atoms with Crippen molar-refractivity contribution in [1.82, 2.24) is 5.43 Å². The molecule has 0 heterocycles. The van der Waals surface area contributed by atoms with Gasteiger partial charge < -0.3 is 9.47 Å². The Hall–Kier alpha value is -3.85. The molecule has 0 atom stereocenters. The van der Waals surface area contributed by atoms with Crippen molar-refractivity contribution in [2.75, 3.05) is 24.3 Å². The number of methoxy groups -OCH3 is 1. The van der Waals surface area contributed by atoms with E-state index in [1.807, 2.05) is 37.3 Å². The second-order valence-electron chi connectivity index (χ2n) is 7.31. The predicted octanol–water partition coefficient (Wildman–Crippen LogP) is 3.82. The predicted molar refractivity (Wildman–Crippen MR) is 133 cm³/mol. The Labute approximate surface area is 199 Å². The fraction of sp³-hybridized carbons (Fsp3) is 0.200. The largest absolute Gasteiger partial charge is 0.493 e. The summed E-state index contributed by atoms with van der Waals surface area (Å²) >= 11 is 0. The summed E-state index contributed by atoms with van der Waals surface area (Å²) in [5, 5.41) is 4.03. The van der Waals surface area contributed by atoms with Crippen molar-refractivity contribution in [3.8, 4) is 11.5 Å². The highest BCUT2D eigenvalue weighted by Gasteiger charge is 2.23. The van der Waals surface area contributed by atoms with Crippen LogP contribution in [-0.4, -0.2) is 40.5 Å². The van der Waals surface area contributed by atoms with Gasteiger partial charge in [-0.2, -0.15) is 5.10 Å². The number of hydrogen-bond acceptors (Lipinski definition) is 6. The number of anilines is 1. The van der Waals surface area contributed by atoms with Crippen LogP contribution in [0.1, 0.15) is 28.4 Å². The summed E-state index contributed by atoms with van der Waals surface area (Å²) < 4.78 is 37.2. The third-order valence-corrected chi connectivity index (χ3v) is 5.98. The van der Waals surface area contributed by atoms with Crippen LogP contribution in [0.3, 0.4) is 0 Å². The number of sulfonamides is 1. The lowest BCUT2D eigenvalue weighted by molar-refractivity contribution is 0.0955. The first-order valence-corrected chi connectivity index (χ1v) is 12.4. The molecule has 8 nitrogen and oxygen atoms in total. The molecule has 1 amide bonds. The molecule has 0 aromatic heterocycles. The molecule has 34 heavy (non-hydrogen) atoms.